The molecule has 1 aromatic carbocycles. The molecule has 1 aliphatic rings. The van der Waals surface area contributed by atoms with Crippen molar-refractivity contribution in [3.05, 3.63) is 29.3 Å². The van der Waals surface area contributed by atoms with E-state index in [1.54, 1.807) is 36.2 Å². The molecule has 1 aromatic rings. The van der Waals surface area contributed by atoms with Gasteiger partial charge < -0.3 is 9.64 Å². The molecule has 0 aromatic heterocycles. The highest BCUT2D eigenvalue weighted by molar-refractivity contribution is 7.89. The standard InChI is InChI=1S/C18H27ClN2O4S/c1-3-14-26(23,24)21-11-5-4-6-17(21)18(22)20(2)12-13-25-16-9-7-15(19)8-10-16/h7-10,17H,3-6,11-14H2,1-2H3. The summed E-state index contributed by atoms with van der Waals surface area (Å²) >= 11 is 5.83. The fourth-order valence-corrected chi connectivity index (χ4v) is 4.92. The quantitative estimate of drug-likeness (QED) is 0.670. The van der Waals surface area contributed by atoms with Gasteiger partial charge in [0.05, 0.1) is 12.3 Å². The van der Waals surface area contributed by atoms with Crippen molar-refractivity contribution in [2.24, 2.45) is 0 Å². The summed E-state index contributed by atoms with van der Waals surface area (Å²) in [5.74, 6) is 0.601. The van der Waals surface area contributed by atoms with Crippen molar-refractivity contribution in [1.82, 2.24) is 9.21 Å². The number of hydrogen-bond acceptors (Lipinski definition) is 4. The molecule has 1 saturated heterocycles. The minimum atomic E-state index is -3.39. The maximum Gasteiger partial charge on any atom is 0.240 e. The fraction of sp³-hybridized carbons (Fsp3) is 0.611. The molecule has 6 nitrogen and oxygen atoms in total. The van der Waals surface area contributed by atoms with Gasteiger partial charge in [0.1, 0.15) is 18.4 Å². The first-order valence-corrected chi connectivity index (χ1v) is 11.0. The van der Waals surface area contributed by atoms with E-state index in [0.717, 1.165) is 12.8 Å². The average molecular weight is 403 g/mol. The second kappa shape index (κ2) is 9.58. The van der Waals surface area contributed by atoms with E-state index in [-0.39, 0.29) is 11.7 Å². The predicted octanol–water partition coefficient (Wildman–Crippen LogP) is 2.77. The number of ether oxygens (including phenoxy) is 1. The molecule has 1 amide bonds. The van der Waals surface area contributed by atoms with Crippen molar-refractivity contribution < 1.29 is 17.9 Å². The van der Waals surface area contributed by atoms with Crippen LogP contribution in [0.2, 0.25) is 5.02 Å². The largest absolute Gasteiger partial charge is 0.492 e. The van der Waals surface area contributed by atoms with Crippen LogP contribution >= 0.6 is 11.6 Å². The molecule has 0 bridgehead atoms. The van der Waals surface area contributed by atoms with E-state index in [9.17, 15) is 13.2 Å². The lowest BCUT2D eigenvalue weighted by molar-refractivity contribution is -0.135. The number of carbonyl (C=O) groups excluding carboxylic acids is 1. The van der Waals surface area contributed by atoms with Crippen LogP contribution in [0.25, 0.3) is 0 Å². The van der Waals surface area contributed by atoms with E-state index in [1.807, 2.05) is 6.92 Å². The van der Waals surface area contributed by atoms with Gasteiger partial charge in [-0.05, 0) is 43.5 Å². The third-order valence-corrected chi connectivity index (χ3v) is 6.77. The van der Waals surface area contributed by atoms with Gasteiger partial charge in [-0.2, -0.15) is 4.31 Å². The SMILES string of the molecule is CCCS(=O)(=O)N1CCCCC1C(=O)N(C)CCOc1ccc(Cl)cc1. The number of rotatable bonds is 8. The summed E-state index contributed by atoms with van der Waals surface area (Å²) in [5.41, 5.74) is 0. The number of sulfonamides is 1. The molecule has 8 heteroatoms. The Kier molecular flexibility index (Phi) is 7.73. The molecule has 26 heavy (non-hydrogen) atoms. The molecule has 1 aliphatic heterocycles. The van der Waals surface area contributed by atoms with Gasteiger partial charge in [0, 0.05) is 18.6 Å². The maximum atomic E-state index is 12.8. The van der Waals surface area contributed by atoms with Gasteiger partial charge in [-0.15, -0.1) is 0 Å². The van der Waals surface area contributed by atoms with Gasteiger partial charge in [-0.1, -0.05) is 24.9 Å². The normalized spacial score (nSPS) is 18.5. The van der Waals surface area contributed by atoms with Crippen LogP contribution in [-0.4, -0.2) is 62.1 Å². The summed E-state index contributed by atoms with van der Waals surface area (Å²) in [7, 11) is -1.70. The highest BCUT2D eigenvalue weighted by Gasteiger charge is 2.37. The van der Waals surface area contributed by atoms with Gasteiger partial charge in [-0.25, -0.2) is 8.42 Å². The van der Waals surface area contributed by atoms with Gasteiger partial charge in [-0.3, -0.25) is 4.79 Å². The number of hydrogen-bond donors (Lipinski definition) is 0. The Morgan fingerprint density at radius 3 is 2.65 bits per heavy atom. The van der Waals surface area contributed by atoms with E-state index in [1.165, 1.54) is 4.31 Å². The minimum absolute atomic E-state index is 0.0835. The van der Waals surface area contributed by atoms with Gasteiger partial charge >= 0.3 is 0 Å². The van der Waals surface area contributed by atoms with Gasteiger partial charge in [0.15, 0.2) is 0 Å². The smallest absolute Gasteiger partial charge is 0.240 e. The van der Waals surface area contributed by atoms with Crippen LogP contribution < -0.4 is 4.74 Å². The third-order valence-electron chi connectivity index (χ3n) is 4.44. The minimum Gasteiger partial charge on any atom is -0.492 e. The number of carbonyl (C=O) groups is 1. The van der Waals surface area contributed by atoms with Crippen LogP contribution in [0.15, 0.2) is 24.3 Å². The summed E-state index contributed by atoms with van der Waals surface area (Å²) in [6.45, 7) is 2.98. The van der Waals surface area contributed by atoms with E-state index < -0.39 is 16.1 Å². The Bertz CT molecular complexity index is 694. The molecule has 1 atom stereocenters. The third kappa shape index (κ3) is 5.59. The monoisotopic (exact) mass is 402 g/mol. The summed E-state index contributed by atoms with van der Waals surface area (Å²) in [6.07, 6.45) is 2.79. The predicted molar refractivity (Wildman–Crippen MR) is 103 cm³/mol. The lowest BCUT2D eigenvalue weighted by Crippen LogP contribution is -2.53. The average Bonchev–Trinajstić information content (AvgIpc) is 2.62. The van der Waals surface area contributed by atoms with E-state index in [0.29, 0.717) is 43.3 Å². The topological polar surface area (TPSA) is 66.9 Å². The van der Waals surface area contributed by atoms with Crippen molar-refractivity contribution in [2.45, 2.75) is 38.6 Å². The van der Waals surface area contributed by atoms with Crippen molar-refractivity contribution in [3.63, 3.8) is 0 Å². The molecule has 1 fully saturated rings. The second-order valence-corrected chi connectivity index (χ2v) is 8.98. The molecule has 0 radical (unpaired) electrons. The number of amides is 1. The highest BCUT2D eigenvalue weighted by Crippen LogP contribution is 2.23. The molecule has 146 valence electrons. The van der Waals surface area contributed by atoms with Crippen molar-refractivity contribution in [2.75, 3.05) is 32.5 Å². The Morgan fingerprint density at radius 2 is 2.00 bits per heavy atom. The molecule has 0 aliphatic carbocycles. The molecule has 2 rings (SSSR count). The zero-order chi connectivity index (χ0) is 19.2. The first-order chi connectivity index (χ1) is 12.3. The Morgan fingerprint density at radius 1 is 1.31 bits per heavy atom. The zero-order valence-corrected chi connectivity index (χ0v) is 16.9. The molecule has 1 unspecified atom stereocenters. The Hall–Kier alpha value is -1.31. The first kappa shape index (κ1) is 21.0. The lowest BCUT2D eigenvalue weighted by atomic mass is 10.0. The molecule has 0 spiro atoms. The van der Waals surface area contributed by atoms with Crippen LogP contribution in [0.5, 0.6) is 5.75 Å². The van der Waals surface area contributed by atoms with Crippen molar-refractivity contribution in [3.8, 4) is 5.75 Å². The van der Waals surface area contributed by atoms with Crippen LogP contribution in [0.1, 0.15) is 32.6 Å². The van der Waals surface area contributed by atoms with Crippen LogP contribution in [0, 0.1) is 0 Å². The Labute approximate surface area is 161 Å². The molecular weight excluding hydrogens is 376 g/mol. The summed E-state index contributed by atoms with van der Waals surface area (Å²) in [4.78, 5) is 14.3. The van der Waals surface area contributed by atoms with E-state index in [4.69, 9.17) is 16.3 Å². The zero-order valence-electron chi connectivity index (χ0n) is 15.4. The van der Waals surface area contributed by atoms with Crippen molar-refractivity contribution in [1.29, 1.82) is 0 Å². The highest BCUT2D eigenvalue weighted by atomic mass is 35.5. The van der Waals surface area contributed by atoms with Gasteiger partial charge in [0.2, 0.25) is 15.9 Å². The van der Waals surface area contributed by atoms with Crippen molar-refractivity contribution >= 4 is 27.5 Å². The molecule has 0 N–H and O–H groups in total. The first-order valence-electron chi connectivity index (χ1n) is 8.98. The second-order valence-electron chi connectivity index (χ2n) is 6.50. The van der Waals surface area contributed by atoms with Gasteiger partial charge in [0.25, 0.3) is 0 Å². The van der Waals surface area contributed by atoms with E-state index >= 15 is 0 Å². The fourth-order valence-electron chi connectivity index (χ4n) is 3.06. The summed E-state index contributed by atoms with van der Waals surface area (Å²) < 4.78 is 32.0. The lowest BCUT2D eigenvalue weighted by Gasteiger charge is -2.35. The van der Waals surface area contributed by atoms with E-state index in [2.05, 4.69) is 0 Å². The van der Waals surface area contributed by atoms with Crippen LogP contribution in [-0.2, 0) is 14.8 Å². The number of piperidine rings is 1. The van der Waals surface area contributed by atoms with Crippen LogP contribution in [0.4, 0.5) is 0 Å². The number of likely N-dealkylation sites (N-methyl/N-ethyl adjacent to an activating group) is 1. The number of halogens is 1. The molecule has 1 heterocycles. The maximum absolute atomic E-state index is 12.8. The molecular formula is C18H27ClN2O4S. The van der Waals surface area contributed by atoms with Crippen LogP contribution in [0.3, 0.4) is 0 Å². The Balaban J connectivity index is 1.93. The molecule has 0 saturated carbocycles. The summed E-state index contributed by atoms with van der Waals surface area (Å²) in [6, 6.07) is 6.42. The number of benzene rings is 1. The summed E-state index contributed by atoms with van der Waals surface area (Å²) in [5, 5.41) is 0.635. The number of nitrogens with zero attached hydrogens (tertiary/aromatic N) is 2.